The molecular weight excluding hydrogens is 458 g/mol. The highest BCUT2D eigenvalue weighted by molar-refractivity contribution is 5.99. The lowest BCUT2D eigenvalue weighted by atomic mass is 10.1. The average Bonchev–Trinajstić information content (AvgIpc) is 3.35. The molecule has 0 aliphatic heterocycles. The van der Waals surface area contributed by atoms with Crippen LogP contribution in [-0.4, -0.2) is 44.1 Å². The first-order valence-corrected chi connectivity index (χ1v) is 11.4. The predicted molar refractivity (Wildman–Crippen MR) is 137 cm³/mol. The minimum atomic E-state index is -0.249. The second kappa shape index (κ2) is 11.3. The SMILES string of the molecule is COc1cccc(-c2nn(Cc3ccccc3)cc2C(=O)NCc2cc(OC)c(OC)c(OC)c2)c1. The van der Waals surface area contributed by atoms with E-state index in [1.54, 1.807) is 39.3 Å². The highest BCUT2D eigenvalue weighted by atomic mass is 16.5. The minimum absolute atomic E-state index is 0.249. The summed E-state index contributed by atoms with van der Waals surface area (Å²) in [5.74, 6) is 1.98. The van der Waals surface area contributed by atoms with E-state index < -0.39 is 0 Å². The summed E-state index contributed by atoms with van der Waals surface area (Å²) in [6.45, 7) is 0.801. The predicted octanol–water partition coefficient (Wildman–Crippen LogP) is 4.56. The van der Waals surface area contributed by atoms with Gasteiger partial charge in [0.1, 0.15) is 11.4 Å². The van der Waals surface area contributed by atoms with E-state index in [0.717, 1.165) is 16.7 Å². The fourth-order valence-electron chi connectivity index (χ4n) is 3.94. The monoisotopic (exact) mass is 487 g/mol. The summed E-state index contributed by atoms with van der Waals surface area (Å²) in [5.41, 5.74) is 3.72. The number of ether oxygens (including phenoxy) is 4. The molecule has 1 N–H and O–H groups in total. The fraction of sp³-hybridized carbons (Fsp3) is 0.214. The number of hydrogen-bond donors (Lipinski definition) is 1. The Bertz CT molecular complexity index is 1310. The molecule has 4 rings (SSSR count). The lowest BCUT2D eigenvalue weighted by Gasteiger charge is -2.14. The van der Waals surface area contributed by atoms with E-state index in [4.69, 9.17) is 24.0 Å². The van der Waals surface area contributed by atoms with Gasteiger partial charge >= 0.3 is 0 Å². The van der Waals surface area contributed by atoms with Crippen molar-refractivity contribution in [2.75, 3.05) is 28.4 Å². The Kier molecular flexibility index (Phi) is 7.75. The average molecular weight is 488 g/mol. The maximum absolute atomic E-state index is 13.4. The fourth-order valence-corrected chi connectivity index (χ4v) is 3.94. The third-order valence-corrected chi connectivity index (χ3v) is 5.71. The molecule has 186 valence electrons. The molecule has 0 atom stereocenters. The van der Waals surface area contributed by atoms with Gasteiger partial charge in [0.25, 0.3) is 5.91 Å². The van der Waals surface area contributed by atoms with E-state index in [1.165, 1.54) is 0 Å². The van der Waals surface area contributed by atoms with Crippen molar-refractivity contribution in [2.45, 2.75) is 13.1 Å². The summed E-state index contributed by atoms with van der Waals surface area (Å²) in [6, 6.07) is 21.1. The van der Waals surface area contributed by atoms with Crippen LogP contribution in [-0.2, 0) is 13.1 Å². The molecule has 0 radical (unpaired) electrons. The molecule has 0 unspecified atom stereocenters. The standard InChI is InChI=1S/C28H29N3O5/c1-33-22-12-8-11-21(15-22)26-23(18-31(30-26)17-19-9-6-5-7-10-19)28(32)29-16-20-13-24(34-2)27(36-4)25(14-20)35-3/h5-15,18H,16-17H2,1-4H3,(H,29,32). The second-order valence-corrected chi connectivity index (χ2v) is 8.02. The zero-order chi connectivity index (χ0) is 25.5. The summed E-state index contributed by atoms with van der Waals surface area (Å²) >= 11 is 0. The topological polar surface area (TPSA) is 83.8 Å². The van der Waals surface area contributed by atoms with Crippen LogP contribution in [0.15, 0.2) is 72.9 Å². The molecule has 8 heteroatoms. The Hall–Kier alpha value is -4.46. The lowest BCUT2D eigenvalue weighted by molar-refractivity contribution is 0.0951. The van der Waals surface area contributed by atoms with Gasteiger partial charge in [0.05, 0.1) is 40.5 Å². The van der Waals surface area contributed by atoms with E-state index in [2.05, 4.69) is 5.32 Å². The number of carbonyl (C=O) groups is 1. The molecule has 3 aromatic carbocycles. The Morgan fingerprint density at radius 1 is 0.833 bits per heavy atom. The molecule has 1 heterocycles. The third-order valence-electron chi connectivity index (χ3n) is 5.71. The van der Waals surface area contributed by atoms with Gasteiger partial charge in [-0.15, -0.1) is 0 Å². The van der Waals surface area contributed by atoms with E-state index in [9.17, 15) is 4.79 Å². The molecule has 0 saturated heterocycles. The van der Waals surface area contributed by atoms with Crippen LogP contribution in [0.1, 0.15) is 21.5 Å². The number of nitrogens with one attached hydrogen (secondary N) is 1. The van der Waals surface area contributed by atoms with E-state index in [1.807, 2.05) is 66.7 Å². The van der Waals surface area contributed by atoms with Gasteiger partial charge in [-0.2, -0.15) is 5.10 Å². The van der Waals surface area contributed by atoms with Gasteiger partial charge in [0.15, 0.2) is 11.5 Å². The largest absolute Gasteiger partial charge is 0.497 e. The lowest BCUT2D eigenvalue weighted by Crippen LogP contribution is -2.23. The number of rotatable bonds is 10. The van der Waals surface area contributed by atoms with Crippen LogP contribution in [0, 0.1) is 0 Å². The minimum Gasteiger partial charge on any atom is -0.497 e. The molecule has 0 fully saturated rings. The van der Waals surface area contributed by atoms with Crippen LogP contribution in [0.3, 0.4) is 0 Å². The van der Waals surface area contributed by atoms with Gasteiger partial charge < -0.3 is 24.3 Å². The van der Waals surface area contributed by atoms with Crippen LogP contribution < -0.4 is 24.3 Å². The summed E-state index contributed by atoms with van der Waals surface area (Å²) < 4.78 is 23.4. The second-order valence-electron chi connectivity index (χ2n) is 8.02. The highest BCUT2D eigenvalue weighted by Gasteiger charge is 2.20. The first-order chi connectivity index (χ1) is 17.6. The zero-order valence-corrected chi connectivity index (χ0v) is 20.8. The normalized spacial score (nSPS) is 10.6. The molecule has 4 aromatic rings. The van der Waals surface area contributed by atoms with Gasteiger partial charge in [-0.1, -0.05) is 42.5 Å². The molecule has 8 nitrogen and oxygen atoms in total. The summed E-state index contributed by atoms with van der Waals surface area (Å²) in [7, 11) is 6.27. The van der Waals surface area contributed by atoms with E-state index >= 15 is 0 Å². The van der Waals surface area contributed by atoms with Crippen LogP contribution in [0.2, 0.25) is 0 Å². The molecule has 0 aliphatic rings. The van der Waals surface area contributed by atoms with Crippen LogP contribution in [0.5, 0.6) is 23.0 Å². The Morgan fingerprint density at radius 2 is 1.56 bits per heavy atom. The number of carbonyl (C=O) groups excluding carboxylic acids is 1. The van der Waals surface area contributed by atoms with Gasteiger partial charge in [-0.3, -0.25) is 9.48 Å². The van der Waals surface area contributed by atoms with Gasteiger partial charge in [-0.05, 0) is 35.4 Å². The van der Waals surface area contributed by atoms with Crippen molar-refractivity contribution in [3.05, 3.63) is 89.6 Å². The first kappa shape index (κ1) is 24.7. The molecule has 0 bridgehead atoms. The maximum atomic E-state index is 13.4. The number of aromatic nitrogens is 2. The van der Waals surface area contributed by atoms with Gasteiger partial charge in [0.2, 0.25) is 5.75 Å². The number of nitrogens with zero attached hydrogens (tertiary/aromatic N) is 2. The zero-order valence-electron chi connectivity index (χ0n) is 20.8. The quantitative estimate of drug-likeness (QED) is 0.353. The molecule has 1 aromatic heterocycles. The first-order valence-electron chi connectivity index (χ1n) is 11.4. The summed E-state index contributed by atoms with van der Waals surface area (Å²) in [4.78, 5) is 13.4. The Labute approximate surface area is 210 Å². The number of benzene rings is 3. The summed E-state index contributed by atoms with van der Waals surface area (Å²) in [6.07, 6.45) is 1.77. The van der Waals surface area contributed by atoms with Crippen molar-refractivity contribution in [1.82, 2.24) is 15.1 Å². The third kappa shape index (κ3) is 5.43. The van der Waals surface area contributed by atoms with E-state index in [0.29, 0.717) is 40.8 Å². The van der Waals surface area contributed by atoms with Crippen LogP contribution >= 0.6 is 0 Å². The molecule has 1 amide bonds. The molecule has 0 aliphatic carbocycles. The number of hydrogen-bond acceptors (Lipinski definition) is 6. The van der Waals surface area contributed by atoms with Crippen molar-refractivity contribution in [2.24, 2.45) is 0 Å². The maximum Gasteiger partial charge on any atom is 0.255 e. The summed E-state index contributed by atoms with van der Waals surface area (Å²) in [5, 5.41) is 7.74. The Morgan fingerprint density at radius 3 is 2.19 bits per heavy atom. The van der Waals surface area contributed by atoms with E-state index in [-0.39, 0.29) is 12.5 Å². The number of methoxy groups -OCH3 is 4. The number of amides is 1. The Balaban J connectivity index is 1.63. The van der Waals surface area contributed by atoms with Crippen molar-refractivity contribution in [1.29, 1.82) is 0 Å². The van der Waals surface area contributed by atoms with Gasteiger partial charge in [0, 0.05) is 18.3 Å². The smallest absolute Gasteiger partial charge is 0.255 e. The van der Waals surface area contributed by atoms with Gasteiger partial charge in [-0.25, -0.2) is 0 Å². The highest BCUT2D eigenvalue weighted by Crippen LogP contribution is 2.38. The molecule has 36 heavy (non-hydrogen) atoms. The van der Waals surface area contributed by atoms with Crippen molar-refractivity contribution >= 4 is 5.91 Å². The van der Waals surface area contributed by atoms with Crippen molar-refractivity contribution in [3.8, 4) is 34.3 Å². The molecular formula is C28H29N3O5. The van der Waals surface area contributed by atoms with Crippen molar-refractivity contribution in [3.63, 3.8) is 0 Å². The van der Waals surface area contributed by atoms with Crippen LogP contribution in [0.25, 0.3) is 11.3 Å². The molecule has 0 spiro atoms. The van der Waals surface area contributed by atoms with Crippen molar-refractivity contribution < 1.29 is 23.7 Å². The molecule has 0 saturated carbocycles. The van der Waals surface area contributed by atoms with Crippen LogP contribution in [0.4, 0.5) is 0 Å².